The van der Waals surface area contributed by atoms with Gasteiger partial charge in [0.05, 0.1) is 10.0 Å². The molecule has 0 fully saturated rings. The minimum absolute atomic E-state index is 0.101. The number of hydrogen-bond acceptors (Lipinski definition) is 2. The molecular weight excluding hydrogens is 335 g/mol. The van der Waals surface area contributed by atoms with Crippen molar-refractivity contribution in [3.63, 3.8) is 0 Å². The summed E-state index contributed by atoms with van der Waals surface area (Å²) in [6.07, 6.45) is 0. The van der Waals surface area contributed by atoms with Crippen LogP contribution in [0.2, 0.25) is 0 Å². The van der Waals surface area contributed by atoms with Gasteiger partial charge in [0, 0.05) is 11.8 Å². The van der Waals surface area contributed by atoms with Crippen LogP contribution in [0.25, 0.3) is 0 Å². The molecule has 0 atom stereocenters. The van der Waals surface area contributed by atoms with Gasteiger partial charge in [-0.15, -0.1) is 0 Å². The van der Waals surface area contributed by atoms with Gasteiger partial charge >= 0.3 is 0 Å². The van der Waals surface area contributed by atoms with Gasteiger partial charge in [0.15, 0.2) is 11.6 Å². The molecule has 2 aromatic rings. The third-order valence-corrected chi connectivity index (χ3v) is 3.44. The van der Waals surface area contributed by atoms with E-state index in [1.165, 1.54) is 12.1 Å². The van der Waals surface area contributed by atoms with E-state index in [0.29, 0.717) is 5.56 Å². The van der Waals surface area contributed by atoms with Crippen LogP contribution in [0.3, 0.4) is 0 Å². The van der Waals surface area contributed by atoms with Crippen LogP contribution < -0.4 is 10.5 Å². The van der Waals surface area contributed by atoms with Crippen LogP contribution in [0.15, 0.2) is 28.7 Å². The summed E-state index contributed by atoms with van der Waals surface area (Å²) in [6.45, 7) is 1.26. The zero-order chi connectivity index (χ0) is 14.9. The fraction of sp³-hybridized carbons (Fsp3) is 0.143. The van der Waals surface area contributed by atoms with Gasteiger partial charge in [-0.1, -0.05) is 0 Å². The van der Waals surface area contributed by atoms with Crippen molar-refractivity contribution in [2.24, 2.45) is 0 Å². The summed E-state index contributed by atoms with van der Waals surface area (Å²) in [6, 6.07) is 4.86. The largest absolute Gasteiger partial charge is 0.486 e. The number of nitrogens with two attached hydrogens (primary N) is 1. The summed E-state index contributed by atoms with van der Waals surface area (Å²) in [5.41, 5.74) is 6.18. The molecule has 0 saturated heterocycles. The summed E-state index contributed by atoms with van der Waals surface area (Å²) < 4.78 is 46.1. The van der Waals surface area contributed by atoms with Gasteiger partial charge in [0.25, 0.3) is 0 Å². The fourth-order valence-electron chi connectivity index (χ4n) is 1.63. The first-order chi connectivity index (χ1) is 9.40. The summed E-state index contributed by atoms with van der Waals surface area (Å²) >= 11 is 2.95. The first-order valence-electron chi connectivity index (χ1n) is 5.71. The van der Waals surface area contributed by atoms with Crippen LogP contribution in [-0.4, -0.2) is 0 Å². The lowest BCUT2D eigenvalue weighted by molar-refractivity contribution is 0.278. The predicted molar refractivity (Wildman–Crippen MR) is 73.9 cm³/mol. The van der Waals surface area contributed by atoms with Crippen LogP contribution in [0.1, 0.15) is 11.1 Å². The van der Waals surface area contributed by atoms with Gasteiger partial charge in [0.2, 0.25) is 0 Å². The number of ether oxygens (including phenoxy) is 1. The molecule has 0 amide bonds. The molecule has 0 bridgehead atoms. The first-order valence-corrected chi connectivity index (χ1v) is 6.50. The SMILES string of the molecule is Cc1cc(OCc2c(F)ccc(Br)c2F)c(F)cc1N. The first kappa shape index (κ1) is 14.7. The summed E-state index contributed by atoms with van der Waals surface area (Å²) in [5.74, 6) is -2.30. The van der Waals surface area contributed by atoms with Crippen LogP contribution in [0.4, 0.5) is 18.9 Å². The van der Waals surface area contributed by atoms with Gasteiger partial charge in [-0.05, 0) is 46.6 Å². The minimum Gasteiger partial charge on any atom is -0.486 e. The van der Waals surface area contributed by atoms with Crippen LogP contribution >= 0.6 is 15.9 Å². The zero-order valence-corrected chi connectivity index (χ0v) is 12.1. The molecule has 0 radical (unpaired) electrons. The molecular formula is C14H11BrF3NO. The molecule has 0 unspecified atom stereocenters. The number of aryl methyl sites for hydroxylation is 1. The van der Waals surface area contributed by atoms with Crippen molar-refractivity contribution < 1.29 is 17.9 Å². The molecule has 2 aromatic carbocycles. The quantitative estimate of drug-likeness (QED) is 0.663. The Balaban J connectivity index is 2.26. The highest BCUT2D eigenvalue weighted by molar-refractivity contribution is 9.10. The van der Waals surface area contributed by atoms with Crippen LogP contribution in [0.5, 0.6) is 5.75 Å². The number of anilines is 1. The standard InChI is InChI=1S/C14H11BrF3NO/c1-7-4-13(11(17)5-12(7)19)20-6-8-10(16)3-2-9(15)14(8)18/h2-5H,6,19H2,1H3. The molecule has 0 saturated carbocycles. The molecule has 0 aromatic heterocycles. The van der Waals surface area contributed by atoms with Crippen molar-refractivity contribution in [2.75, 3.05) is 5.73 Å². The Kier molecular flexibility index (Phi) is 4.23. The lowest BCUT2D eigenvalue weighted by Gasteiger charge is -2.11. The molecule has 0 aliphatic heterocycles. The molecule has 2 nitrogen and oxygen atoms in total. The molecule has 20 heavy (non-hydrogen) atoms. The highest BCUT2D eigenvalue weighted by atomic mass is 79.9. The van der Waals surface area contributed by atoms with E-state index in [1.54, 1.807) is 6.92 Å². The van der Waals surface area contributed by atoms with E-state index in [-0.39, 0.29) is 21.5 Å². The Morgan fingerprint density at radius 3 is 2.55 bits per heavy atom. The van der Waals surface area contributed by atoms with E-state index in [4.69, 9.17) is 10.5 Å². The maximum Gasteiger partial charge on any atom is 0.167 e. The summed E-state index contributed by atoms with van der Waals surface area (Å²) in [4.78, 5) is 0. The number of halogens is 4. The van der Waals surface area contributed by atoms with E-state index in [9.17, 15) is 13.2 Å². The Labute approximate surface area is 122 Å². The Hall–Kier alpha value is -1.69. The highest BCUT2D eigenvalue weighted by Crippen LogP contribution is 2.26. The lowest BCUT2D eigenvalue weighted by Crippen LogP contribution is -2.04. The smallest absolute Gasteiger partial charge is 0.167 e. The normalized spacial score (nSPS) is 10.7. The second-order valence-electron chi connectivity index (χ2n) is 4.25. The van der Waals surface area contributed by atoms with E-state index in [0.717, 1.165) is 12.1 Å². The van der Waals surface area contributed by atoms with Crippen LogP contribution in [0, 0.1) is 24.4 Å². The molecule has 0 aliphatic rings. The van der Waals surface area contributed by atoms with Crippen molar-refractivity contribution in [1.29, 1.82) is 0 Å². The summed E-state index contributed by atoms with van der Waals surface area (Å²) in [7, 11) is 0. The van der Waals surface area contributed by atoms with E-state index < -0.39 is 24.1 Å². The average molecular weight is 346 g/mol. The zero-order valence-electron chi connectivity index (χ0n) is 10.5. The van der Waals surface area contributed by atoms with Gasteiger partial charge in [0.1, 0.15) is 18.2 Å². The molecule has 0 heterocycles. The number of rotatable bonds is 3. The molecule has 0 spiro atoms. The van der Waals surface area contributed by atoms with Gasteiger partial charge in [-0.3, -0.25) is 0 Å². The second kappa shape index (κ2) is 5.75. The Bertz CT molecular complexity index is 661. The molecule has 6 heteroatoms. The van der Waals surface area contributed by atoms with Gasteiger partial charge in [-0.25, -0.2) is 13.2 Å². The van der Waals surface area contributed by atoms with Crippen molar-refractivity contribution >= 4 is 21.6 Å². The molecule has 106 valence electrons. The summed E-state index contributed by atoms with van der Waals surface area (Å²) in [5, 5.41) is 0. The average Bonchev–Trinajstić information content (AvgIpc) is 2.40. The van der Waals surface area contributed by atoms with E-state index in [2.05, 4.69) is 15.9 Å². The third kappa shape index (κ3) is 2.90. The maximum atomic E-state index is 13.7. The van der Waals surface area contributed by atoms with Crippen molar-refractivity contribution in [3.05, 3.63) is 57.3 Å². The number of benzene rings is 2. The van der Waals surface area contributed by atoms with Crippen molar-refractivity contribution in [1.82, 2.24) is 0 Å². The fourth-order valence-corrected chi connectivity index (χ4v) is 2.00. The third-order valence-electron chi connectivity index (χ3n) is 2.83. The van der Waals surface area contributed by atoms with Crippen molar-refractivity contribution in [3.8, 4) is 5.75 Å². The van der Waals surface area contributed by atoms with Gasteiger partial charge < -0.3 is 10.5 Å². The molecule has 2 rings (SSSR count). The van der Waals surface area contributed by atoms with Gasteiger partial charge in [-0.2, -0.15) is 0 Å². The maximum absolute atomic E-state index is 13.7. The highest BCUT2D eigenvalue weighted by Gasteiger charge is 2.14. The Morgan fingerprint density at radius 2 is 1.85 bits per heavy atom. The predicted octanol–water partition coefficient (Wildman–Crippen LogP) is 4.34. The number of nitrogen functional groups attached to an aromatic ring is 1. The minimum atomic E-state index is -0.766. The van der Waals surface area contributed by atoms with Crippen LogP contribution in [-0.2, 0) is 6.61 Å². The topological polar surface area (TPSA) is 35.2 Å². The second-order valence-corrected chi connectivity index (χ2v) is 5.10. The van der Waals surface area contributed by atoms with Crippen molar-refractivity contribution in [2.45, 2.75) is 13.5 Å². The molecule has 2 N–H and O–H groups in total. The van der Waals surface area contributed by atoms with E-state index >= 15 is 0 Å². The molecule has 0 aliphatic carbocycles. The number of hydrogen-bond donors (Lipinski definition) is 1. The lowest BCUT2D eigenvalue weighted by atomic mass is 10.2. The van der Waals surface area contributed by atoms with E-state index in [1.807, 2.05) is 0 Å². The Morgan fingerprint density at radius 1 is 1.15 bits per heavy atom. The monoisotopic (exact) mass is 345 g/mol.